The topological polar surface area (TPSA) is 77.4 Å². The maximum atomic E-state index is 10.3. The first-order chi connectivity index (χ1) is 3.85. The van der Waals surface area contributed by atoms with Crippen molar-refractivity contribution < 1.29 is 19.8 Å². The van der Waals surface area contributed by atoms with E-state index in [9.17, 15) is 14.7 Å². The smallest absolute Gasteiger partial charge is 0.209 e. The zero-order valence-electron chi connectivity index (χ0n) is 5.17. The number of Topliss-reactive ketones (excluding diaryl/α,β-unsaturated/α-hetero) is 1. The number of hydrogen-bond acceptors (Lipinski definition) is 4. The molecule has 0 heterocycles. The quantitative estimate of drug-likeness (QED) is 0.443. The Morgan fingerprint density at radius 1 is 1.44 bits per heavy atom. The van der Waals surface area contributed by atoms with Gasteiger partial charge in [-0.1, -0.05) is 0 Å². The summed E-state index contributed by atoms with van der Waals surface area (Å²) < 4.78 is 0. The van der Waals surface area contributed by atoms with E-state index in [0.29, 0.717) is 0 Å². The van der Waals surface area contributed by atoms with Crippen LogP contribution < -0.4 is 5.11 Å². The Labute approximate surface area is 52.1 Å². The highest BCUT2D eigenvalue weighted by molar-refractivity contribution is 6.34. The minimum absolute atomic E-state index is 1.09. The van der Waals surface area contributed by atoms with Crippen LogP contribution in [0.1, 0.15) is 13.8 Å². The summed E-state index contributed by atoms with van der Waals surface area (Å²) in [5.41, 5.74) is -1.82. The molecule has 0 atom stereocenters. The van der Waals surface area contributed by atoms with Gasteiger partial charge in [-0.25, -0.2) is 0 Å². The molecule has 9 heavy (non-hydrogen) atoms. The van der Waals surface area contributed by atoms with Gasteiger partial charge in [0.1, 0.15) is 11.6 Å². The van der Waals surface area contributed by atoms with Gasteiger partial charge in [0.05, 0.1) is 0 Å². The first kappa shape index (κ1) is 8.10. The fourth-order valence-electron chi connectivity index (χ4n) is 0.250. The zero-order valence-corrected chi connectivity index (χ0v) is 5.17. The Kier molecular flexibility index (Phi) is 1.93. The van der Waals surface area contributed by atoms with Gasteiger partial charge in [0, 0.05) is 0 Å². The first-order valence-corrected chi connectivity index (χ1v) is 2.34. The van der Waals surface area contributed by atoms with E-state index in [1.54, 1.807) is 0 Å². The zero-order chi connectivity index (χ0) is 7.65. The third-order valence-corrected chi connectivity index (χ3v) is 0.741. The van der Waals surface area contributed by atoms with Crippen LogP contribution in [0.4, 0.5) is 0 Å². The van der Waals surface area contributed by atoms with Gasteiger partial charge in [0.25, 0.3) is 0 Å². The molecule has 0 aromatic rings. The van der Waals surface area contributed by atoms with E-state index < -0.39 is 17.4 Å². The van der Waals surface area contributed by atoms with Crippen molar-refractivity contribution in [1.29, 1.82) is 0 Å². The van der Waals surface area contributed by atoms with E-state index in [4.69, 9.17) is 5.11 Å². The molecule has 0 bridgehead atoms. The highest BCUT2D eigenvalue weighted by Gasteiger charge is 2.23. The summed E-state index contributed by atoms with van der Waals surface area (Å²) in [6, 6.07) is 0. The van der Waals surface area contributed by atoms with E-state index in [1.807, 2.05) is 0 Å². The van der Waals surface area contributed by atoms with E-state index in [-0.39, 0.29) is 0 Å². The van der Waals surface area contributed by atoms with E-state index in [0.717, 1.165) is 13.8 Å². The molecule has 0 radical (unpaired) electrons. The predicted octanol–water partition coefficient (Wildman–Crippen LogP) is -1.92. The Morgan fingerprint density at radius 2 is 1.78 bits per heavy atom. The minimum atomic E-state index is -1.86. The molecule has 4 heteroatoms. The molecule has 4 nitrogen and oxygen atoms in total. The Hall–Kier alpha value is -0.900. The van der Waals surface area contributed by atoms with Crippen molar-refractivity contribution >= 4 is 11.8 Å². The largest absolute Gasteiger partial charge is 0.542 e. The van der Waals surface area contributed by atoms with E-state index in [2.05, 4.69) is 0 Å². The van der Waals surface area contributed by atoms with Gasteiger partial charge >= 0.3 is 0 Å². The molecule has 0 saturated heterocycles. The van der Waals surface area contributed by atoms with Crippen LogP contribution >= 0.6 is 0 Å². The predicted molar refractivity (Wildman–Crippen MR) is 26.3 cm³/mol. The standard InChI is InChI=1S/C5H8O4/c1-5(2,9)3(6)4(7)8/h9H,1-2H3,(H,7,8)/p-1. The second-order valence-corrected chi connectivity index (χ2v) is 2.18. The highest BCUT2D eigenvalue weighted by Crippen LogP contribution is 2.00. The second kappa shape index (κ2) is 2.14. The van der Waals surface area contributed by atoms with Crippen molar-refractivity contribution in [1.82, 2.24) is 0 Å². The van der Waals surface area contributed by atoms with Crippen LogP contribution in [0, 0.1) is 0 Å². The highest BCUT2D eigenvalue weighted by atomic mass is 16.4. The average molecular weight is 131 g/mol. The van der Waals surface area contributed by atoms with Crippen molar-refractivity contribution in [3.63, 3.8) is 0 Å². The molecule has 0 aromatic heterocycles. The van der Waals surface area contributed by atoms with Gasteiger partial charge in [-0.3, -0.25) is 4.79 Å². The molecule has 52 valence electrons. The molecule has 0 rings (SSSR count). The molecule has 0 unspecified atom stereocenters. The molecule has 0 fully saturated rings. The number of aliphatic carboxylic acids is 1. The number of carboxylic acid groups (broad SMARTS) is 1. The van der Waals surface area contributed by atoms with Gasteiger partial charge in [-0.15, -0.1) is 0 Å². The number of hydrogen-bond donors (Lipinski definition) is 1. The lowest BCUT2D eigenvalue weighted by Gasteiger charge is -2.14. The molecule has 0 amide bonds. The summed E-state index contributed by atoms with van der Waals surface area (Å²) in [6.07, 6.45) is 0. The molecule has 0 aliphatic rings. The maximum absolute atomic E-state index is 10.3. The number of carboxylic acids is 1. The van der Waals surface area contributed by atoms with Crippen molar-refractivity contribution in [3.05, 3.63) is 0 Å². The lowest BCUT2D eigenvalue weighted by molar-refractivity contribution is -0.301. The first-order valence-electron chi connectivity index (χ1n) is 2.34. The number of rotatable bonds is 2. The van der Waals surface area contributed by atoms with Crippen LogP contribution in [0.5, 0.6) is 0 Å². The van der Waals surface area contributed by atoms with E-state index in [1.165, 1.54) is 0 Å². The van der Waals surface area contributed by atoms with Gasteiger partial charge in [0.15, 0.2) is 0 Å². The molecule has 0 spiro atoms. The number of ketones is 1. The normalized spacial score (nSPS) is 11.0. The van der Waals surface area contributed by atoms with Crippen LogP contribution in [-0.2, 0) is 9.59 Å². The van der Waals surface area contributed by atoms with Crippen LogP contribution in [0.3, 0.4) is 0 Å². The second-order valence-electron chi connectivity index (χ2n) is 2.18. The average Bonchev–Trinajstić information content (AvgIpc) is 1.62. The van der Waals surface area contributed by atoms with Crippen molar-refractivity contribution in [2.24, 2.45) is 0 Å². The third-order valence-electron chi connectivity index (χ3n) is 0.741. The van der Waals surface area contributed by atoms with E-state index >= 15 is 0 Å². The fourth-order valence-corrected chi connectivity index (χ4v) is 0.250. The molecular formula is C5H7O4-. The van der Waals surface area contributed by atoms with Crippen LogP contribution in [0.15, 0.2) is 0 Å². The lowest BCUT2D eigenvalue weighted by atomic mass is 10.1. The number of carbonyl (C=O) groups is 2. The SMILES string of the molecule is CC(C)(O)C(=O)C(=O)[O-]. The van der Waals surface area contributed by atoms with Crippen molar-refractivity contribution in [2.75, 3.05) is 0 Å². The molecule has 0 saturated carbocycles. The van der Waals surface area contributed by atoms with Crippen molar-refractivity contribution in [2.45, 2.75) is 19.4 Å². The maximum Gasteiger partial charge on any atom is 0.209 e. The minimum Gasteiger partial charge on any atom is -0.542 e. The van der Waals surface area contributed by atoms with Gasteiger partial charge in [-0.2, -0.15) is 0 Å². The van der Waals surface area contributed by atoms with Gasteiger partial charge in [0.2, 0.25) is 5.78 Å². The lowest BCUT2D eigenvalue weighted by Crippen LogP contribution is -2.44. The Balaban J connectivity index is 4.23. The summed E-state index contributed by atoms with van der Waals surface area (Å²) in [6.45, 7) is 2.18. The molecule has 0 aromatic carbocycles. The van der Waals surface area contributed by atoms with Crippen LogP contribution in [-0.4, -0.2) is 22.5 Å². The monoisotopic (exact) mass is 131 g/mol. The summed E-state index contributed by atoms with van der Waals surface area (Å²) in [7, 11) is 0. The Bertz CT molecular complexity index is 142. The Morgan fingerprint density at radius 3 is 1.78 bits per heavy atom. The van der Waals surface area contributed by atoms with Crippen LogP contribution in [0.25, 0.3) is 0 Å². The molecule has 0 aliphatic heterocycles. The third kappa shape index (κ3) is 2.23. The van der Waals surface area contributed by atoms with Crippen LogP contribution in [0.2, 0.25) is 0 Å². The van der Waals surface area contributed by atoms with Gasteiger partial charge in [-0.05, 0) is 13.8 Å². The fraction of sp³-hybridized carbons (Fsp3) is 0.600. The summed E-state index contributed by atoms with van der Waals surface area (Å²) in [4.78, 5) is 20.0. The van der Waals surface area contributed by atoms with Gasteiger partial charge < -0.3 is 15.0 Å². The summed E-state index contributed by atoms with van der Waals surface area (Å²) in [5, 5.41) is 18.4. The van der Waals surface area contributed by atoms with Crippen molar-refractivity contribution in [3.8, 4) is 0 Å². The number of carbonyl (C=O) groups excluding carboxylic acids is 2. The molecule has 0 aliphatic carbocycles. The molecule has 1 N–H and O–H groups in total. The molecular weight excluding hydrogens is 124 g/mol. The summed E-state index contributed by atoms with van der Waals surface area (Å²) in [5.74, 6) is -3.16. The summed E-state index contributed by atoms with van der Waals surface area (Å²) >= 11 is 0. The number of aliphatic hydroxyl groups is 1.